The van der Waals surface area contributed by atoms with Gasteiger partial charge in [0.05, 0.1) is 35.5 Å². The van der Waals surface area contributed by atoms with Crippen molar-refractivity contribution in [2.75, 3.05) is 35.5 Å². The zero-order valence-electron chi connectivity index (χ0n) is 20.6. The van der Waals surface area contributed by atoms with Crippen LogP contribution in [-0.4, -0.2) is 49.0 Å². The van der Waals surface area contributed by atoms with E-state index in [1.54, 1.807) is 6.07 Å². The minimum absolute atomic E-state index is 0.0503. The number of fused-ring (bicyclic) bond motifs is 1. The van der Waals surface area contributed by atoms with E-state index in [0.29, 0.717) is 5.75 Å². The molecule has 12 heteroatoms. The maximum absolute atomic E-state index is 13.8. The summed E-state index contributed by atoms with van der Waals surface area (Å²) in [7, 11) is 2.52. The Bertz CT molecular complexity index is 1590. The Morgan fingerprint density at radius 1 is 0.784 bits per heavy atom. The van der Waals surface area contributed by atoms with E-state index in [-0.39, 0.29) is 45.3 Å². The molecule has 37 heavy (non-hydrogen) atoms. The molecule has 194 valence electrons. The van der Waals surface area contributed by atoms with E-state index in [4.69, 9.17) is 32.3 Å². The Hall–Kier alpha value is -4.45. The lowest BCUT2D eigenvalue weighted by Crippen LogP contribution is -2.18. The fourth-order valence-corrected chi connectivity index (χ4v) is 4.54. The summed E-state index contributed by atoms with van der Waals surface area (Å²) < 4.78 is 64.5. The molecule has 4 rings (SSSR count). The Morgan fingerprint density at radius 2 is 1.46 bits per heavy atom. The van der Waals surface area contributed by atoms with Gasteiger partial charge in [-0.05, 0) is 24.3 Å². The maximum Gasteiger partial charge on any atom is 0.357 e. The smallest absolute Gasteiger partial charge is 0.357 e. The second kappa shape index (κ2) is 10.3. The third kappa shape index (κ3) is 4.70. The van der Waals surface area contributed by atoms with E-state index >= 15 is 0 Å². The molecule has 0 fully saturated rings. The molecule has 0 aliphatic carbocycles. The highest BCUT2D eigenvalue weighted by Crippen LogP contribution is 2.44. The van der Waals surface area contributed by atoms with E-state index < -0.39 is 26.3 Å². The van der Waals surface area contributed by atoms with Crippen LogP contribution in [0.1, 0.15) is 0 Å². The first kappa shape index (κ1) is 25.6. The van der Waals surface area contributed by atoms with Gasteiger partial charge in [0.15, 0.2) is 22.3 Å². The molecule has 0 spiro atoms. The first-order valence-electron chi connectivity index (χ1n) is 10.7. The van der Waals surface area contributed by atoms with Crippen LogP contribution in [0.5, 0.6) is 34.5 Å². The summed E-state index contributed by atoms with van der Waals surface area (Å²) in [4.78, 5) is 17.6. The molecule has 0 atom stereocenters. The Balaban J connectivity index is 2.08. The van der Waals surface area contributed by atoms with Gasteiger partial charge >= 0.3 is 10.1 Å². The van der Waals surface area contributed by atoms with Gasteiger partial charge in [0, 0.05) is 23.9 Å². The second-order valence-corrected chi connectivity index (χ2v) is 8.90. The van der Waals surface area contributed by atoms with Crippen LogP contribution in [0.25, 0.3) is 22.3 Å². The average Bonchev–Trinajstić information content (AvgIpc) is 2.93. The molecule has 0 radical (unpaired) electrons. The van der Waals surface area contributed by atoms with Crippen LogP contribution < -0.4 is 33.3 Å². The van der Waals surface area contributed by atoms with Crippen LogP contribution in [0.15, 0.2) is 62.9 Å². The molecule has 0 aliphatic heterocycles. The van der Waals surface area contributed by atoms with Gasteiger partial charge in [-0.15, -0.1) is 0 Å². The van der Waals surface area contributed by atoms with Gasteiger partial charge in [-0.25, -0.2) is 4.98 Å². The van der Waals surface area contributed by atoms with Crippen LogP contribution >= 0.6 is 0 Å². The Kier molecular flexibility index (Phi) is 7.11. The van der Waals surface area contributed by atoms with E-state index in [1.807, 2.05) is 0 Å². The number of methoxy groups -OCH3 is 5. The Labute approximate surface area is 212 Å². The summed E-state index contributed by atoms with van der Waals surface area (Å²) in [5.41, 5.74) is -0.530. The van der Waals surface area contributed by atoms with E-state index in [1.165, 1.54) is 78.1 Å². The molecule has 0 amide bonds. The van der Waals surface area contributed by atoms with Crippen LogP contribution in [0, 0.1) is 0 Å². The molecule has 0 N–H and O–H groups in total. The number of pyridine rings is 1. The second-order valence-electron chi connectivity index (χ2n) is 7.41. The van der Waals surface area contributed by atoms with Crippen molar-refractivity contribution in [3.8, 4) is 45.8 Å². The van der Waals surface area contributed by atoms with Gasteiger partial charge in [0.1, 0.15) is 22.5 Å². The third-order valence-corrected chi connectivity index (χ3v) is 6.50. The minimum atomic E-state index is -4.54. The normalized spacial score (nSPS) is 11.2. The molecular formula is C25H23NO10S. The molecule has 0 aliphatic rings. The zero-order chi connectivity index (χ0) is 26.7. The van der Waals surface area contributed by atoms with Crippen molar-refractivity contribution in [2.24, 2.45) is 0 Å². The predicted molar refractivity (Wildman–Crippen MR) is 133 cm³/mol. The summed E-state index contributed by atoms with van der Waals surface area (Å²) in [5.74, 6) is 0.367. The van der Waals surface area contributed by atoms with Crippen molar-refractivity contribution in [3.63, 3.8) is 0 Å². The quantitative estimate of drug-likeness (QED) is 0.294. The van der Waals surface area contributed by atoms with Gasteiger partial charge in [0.2, 0.25) is 16.9 Å². The van der Waals surface area contributed by atoms with E-state index in [9.17, 15) is 13.2 Å². The lowest BCUT2D eigenvalue weighted by Gasteiger charge is -2.16. The van der Waals surface area contributed by atoms with Crippen molar-refractivity contribution in [2.45, 2.75) is 5.03 Å². The lowest BCUT2D eigenvalue weighted by atomic mass is 10.1. The molecule has 11 nitrogen and oxygen atoms in total. The first-order chi connectivity index (χ1) is 17.8. The van der Waals surface area contributed by atoms with Crippen molar-refractivity contribution in [3.05, 3.63) is 58.9 Å². The number of nitrogens with zero attached hydrogens (tertiary/aromatic N) is 1. The summed E-state index contributed by atoms with van der Waals surface area (Å²) in [6.07, 6.45) is 1.29. The molecule has 0 unspecified atom stereocenters. The van der Waals surface area contributed by atoms with E-state index in [2.05, 4.69) is 4.98 Å². The number of ether oxygens (including phenoxy) is 5. The molecule has 2 heterocycles. The molecule has 0 bridgehead atoms. The first-order valence-corrected chi connectivity index (χ1v) is 12.1. The third-order valence-electron chi connectivity index (χ3n) is 5.36. The van der Waals surface area contributed by atoms with Crippen molar-refractivity contribution >= 4 is 21.1 Å². The number of benzene rings is 2. The van der Waals surface area contributed by atoms with Crippen LogP contribution in [0.2, 0.25) is 0 Å². The van der Waals surface area contributed by atoms with Crippen molar-refractivity contribution in [1.29, 1.82) is 0 Å². The highest BCUT2D eigenvalue weighted by atomic mass is 32.2. The van der Waals surface area contributed by atoms with Crippen molar-refractivity contribution < 1.29 is 40.7 Å². The van der Waals surface area contributed by atoms with Crippen molar-refractivity contribution in [1.82, 2.24) is 4.98 Å². The standard InChI is InChI=1S/C25H23NO10S/c1-30-15-12-16(31-2)21-17(13-15)35-23(14-10-18(32-3)24(34-5)19(11-14)33-4)25(22(21)27)36-37(28,29)20-8-6-7-9-26-20/h6-13H,1-5H3. The predicted octanol–water partition coefficient (Wildman–Crippen LogP) is 3.67. The summed E-state index contributed by atoms with van der Waals surface area (Å²) in [6, 6.07) is 10.2. The largest absolute Gasteiger partial charge is 0.496 e. The maximum atomic E-state index is 13.8. The van der Waals surface area contributed by atoms with E-state index in [0.717, 1.165) is 0 Å². The van der Waals surface area contributed by atoms with Crippen LogP contribution in [-0.2, 0) is 10.1 Å². The fourth-order valence-electron chi connectivity index (χ4n) is 3.65. The van der Waals surface area contributed by atoms with Gasteiger partial charge in [-0.2, -0.15) is 8.42 Å². The SMILES string of the molecule is COc1cc(OC)c2c(=O)c(OS(=O)(=O)c3ccccn3)c(-c3cc(OC)c(OC)c(OC)c3)oc2c1. The summed E-state index contributed by atoms with van der Waals surface area (Å²) in [5, 5.41) is -0.447. The number of hydrogen-bond acceptors (Lipinski definition) is 11. The topological polar surface area (TPSA) is 133 Å². The molecular weight excluding hydrogens is 506 g/mol. The molecule has 0 saturated carbocycles. The average molecular weight is 530 g/mol. The molecule has 0 saturated heterocycles. The van der Waals surface area contributed by atoms with Gasteiger partial charge < -0.3 is 32.3 Å². The highest BCUT2D eigenvalue weighted by Gasteiger charge is 2.29. The van der Waals surface area contributed by atoms with Gasteiger partial charge in [-0.1, -0.05) is 6.07 Å². The number of rotatable bonds is 9. The monoisotopic (exact) mass is 529 g/mol. The van der Waals surface area contributed by atoms with Crippen LogP contribution in [0.3, 0.4) is 0 Å². The lowest BCUT2D eigenvalue weighted by molar-refractivity contribution is 0.324. The number of aromatic nitrogens is 1. The molecule has 2 aromatic carbocycles. The highest BCUT2D eigenvalue weighted by molar-refractivity contribution is 7.87. The number of hydrogen-bond donors (Lipinski definition) is 0. The zero-order valence-corrected chi connectivity index (χ0v) is 21.4. The summed E-state index contributed by atoms with van der Waals surface area (Å²) in [6.45, 7) is 0. The van der Waals surface area contributed by atoms with Gasteiger partial charge in [0.25, 0.3) is 0 Å². The van der Waals surface area contributed by atoms with Gasteiger partial charge in [-0.3, -0.25) is 4.79 Å². The molecule has 4 aromatic rings. The Morgan fingerprint density at radius 3 is 2.00 bits per heavy atom. The molecule has 2 aromatic heterocycles. The fraction of sp³-hybridized carbons (Fsp3) is 0.200. The van der Waals surface area contributed by atoms with Crippen LogP contribution in [0.4, 0.5) is 0 Å². The minimum Gasteiger partial charge on any atom is -0.496 e. The summed E-state index contributed by atoms with van der Waals surface area (Å²) >= 11 is 0.